The summed E-state index contributed by atoms with van der Waals surface area (Å²) >= 11 is 2.00. The summed E-state index contributed by atoms with van der Waals surface area (Å²) in [6.45, 7) is 0. The minimum atomic E-state index is 0.235. The Kier molecular flexibility index (Phi) is 3.08. The summed E-state index contributed by atoms with van der Waals surface area (Å²) in [5.41, 5.74) is 7.13. The summed E-state index contributed by atoms with van der Waals surface area (Å²) < 4.78 is 0. The number of hydrogen-bond donors (Lipinski definition) is 1. The molecule has 2 unspecified atom stereocenters. The Labute approximate surface area is 88.2 Å². The van der Waals surface area contributed by atoms with Crippen LogP contribution in [0.4, 0.5) is 0 Å². The third-order valence-electron chi connectivity index (χ3n) is 2.53. The van der Waals surface area contributed by atoms with Crippen molar-refractivity contribution >= 4 is 11.8 Å². The van der Waals surface area contributed by atoms with Crippen LogP contribution in [0.3, 0.4) is 0 Å². The molecule has 1 aromatic rings. The number of aryl methyl sites for hydroxylation is 1. The zero-order chi connectivity index (χ0) is 9.97. The van der Waals surface area contributed by atoms with Crippen LogP contribution in [-0.2, 0) is 13.5 Å². The molecule has 2 N–H and O–H groups in total. The molecule has 4 nitrogen and oxygen atoms in total. The van der Waals surface area contributed by atoms with Gasteiger partial charge in [0.15, 0.2) is 0 Å². The van der Waals surface area contributed by atoms with Crippen molar-refractivity contribution in [3.8, 4) is 0 Å². The van der Waals surface area contributed by atoms with Crippen molar-refractivity contribution in [2.24, 2.45) is 12.8 Å². The summed E-state index contributed by atoms with van der Waals surface area (Å²) in [4.78, 5) is 1.59. The van der Waals surface area contributed by atoms with E-state index in [9.17, 15) is 0 Å². The van der Waals surface area contributed by atoms with Gasteiger partial charge in [-0.15, -0.1) is 0 Å². The first-order valence-electron chi connectivity index (χ1n) is 4.98. The highest BCUT2D eigenvalue weighted by atomic mass is 32.2. The van der Waals surface area contributed by atoms with Crippen LogP contribution in [0.2, 0.25) is 0 Å². The van der Waals surface area contributed by atoms with Crippen LogP contribution in [0.5, 0.6) is 0 Å². The monoisotopic (exact) mass is 212 g/mol. The van der Waals surface area contributed by atoms with E-state index in [1.54, 1.807) is 11.0 Å². The second-order valence-corrected chi connectivity index (χ2v) is 5.09. The highest BCUT2D eigenvalue weighted by molar-refractivity contribution is 8.00. The first-order valence-corrected chi connectivity index (χ1v) is 6.03. The maximum atomic E-state index is 6.12. The van der Waals surface area contributed by atoms with Crippen molar-refractivity contribution in [3.63, 3.8) is 0 Å². The summed E-state index contributed by atoms with van der Waals surface area (Å²) in [5.74, 6) is 1.26. The Balaban J connectivity index is 1.90. The van der Waals surface area contributed by atoms with Crippen LogP contribution in [-0.4, -0.2) is 32.0 Å². The minimum absolute atomic E-state index is 0.235. The van der Waals surface area contributed by atoms with Gasteiger partial charge in [0.25, 0.3) is 0 Å². The van der Waals surface area contributed by atoms with E-state index >= 15 is 0 Å². The van der Waals surface area contributed by atoms with Gasteiger partial charge >= 0.3 is 0 Å². The third-order valence-corrected chi connectivity index (χ3v) is 4.07. The van der Waals surface area contributed by atoms with Crippen molar-refractivity contribution in [2.75, 3.05) is 5.75 Å². The van der Waals surface area contributed by atoms with Gasteiger partial charge in [-0.1, -0.05) is 0 Å². The molecule has 2 rings (SSSR count). The van der Waals surface area contributed by atoms with Crippen LogP contribution < -0.4 is 5.73 Å². The molecular formula is C9H16N4S. The van der Waals surface area contributed by atoms with Crippen molar-refractivity contribution < 1.29 is 0 Å². The minimum Gasteiger partial charge on any atom is -0.326 e. The Morgan fingerprint density at radius 2 is 2.64 bits per heavy atom. The van der Waals surface area contributed by atoms with E-state index in [1.165, 1.54) is 18.6 Å². The van der Waals surface area contributed by atoms with E-state index in [4.69, 9.17) is 5.73 Å². The predicted octanol–water partition coefficient (Wildman–Crippen LogP) is 0.580. The van der Waals surface area contributed by atoms with Crippen LogP contribution in [0, 0.1) is 0 Å². The second kappa shape index (κ2) is 4.31. The largest absolute Gasteiger partial charge is 0.326 e. The standard InChI is InChI=1S/C9H16N4S/c1-13-11-6-7(12-13)5-8(10)9-3-2-4-14-9/h6,8-9H,2-5,10H2,1H3. The van der Waals surface area contributed by atoms with E-state index in [0.717, 1.165) is 12.1 Å². The summed E-state index contributed by atoms with van der Waals surface area (Å²) in [6, 6.07) is 0.235. The lowest BCUT2D eigenvalue weighted by Crippen LogP contribution is -2.33. The zero-order valence-electron chi connectivity index (χ0n) is 8.39. The lowest BCUT2D eigenvalue weighted by atomic mass is 10.1. The summed E-state index contributed by atoms with van der Waals surface area (Å²) in [5, 5.41) is 8.90. The van der Waals surface area contributed by atoms with E-state index < -0.39 is 0 Å². The lowest BCUT2D eigenvalue weighted by Gasteiger charge is -2.16. The van der Waals surface area contributed by atoms with Crippen LogP contribution in [0.25, 0.3) is 0 Å². The van der Waals surface area contributed by atoms with Crippen molar-refractivity contribution in [1.29, 1.82) is 0 Å². The molecule has 1 saturated heterocycles. The molecule has 0 amide bonds. The van der Waals surface area contributed by atoms with Gasteiger partial charge in [-0.3, -0.25) is 0 Å². The van der Waals surface area contributed by atoms with Gasteiger partial charge in [0.05, 0.1) is 11.9 Å². The lowest BCUT2D eigenvalue weighted by molar-refractivity contribution is 0.588. The maximum absolute atomic E-state index is 6.12. The number of nitrogens with two attached hydrogens (primary N) is 1. The van der Waals surface area contributed by atoms with Gasteiger partial charge in [-0.05, 0) is 18.6 Å². The molecule has 1 aliphatic rings. The molecule has 0 saturated carbocycles. The molecule has 2 atom stereocenters. The van der Waals surface area contributed by atoms with Crippen LogP contribution in [0.1, 0.15) is 18.5 Å². The van der Waals surface area contributed by atoms with Gasteiger partial charge in [-0.2, -0.15) is 26.8 Å². The van der Waals surface area contributed by atoms with Gasteiger partial charge in [-0.25, -0.2) is 0 Å². The molecule has 0 bridgehead atoms. The summed E-state index contributed by atoms with van der Waals surface area (Å²) in [6.07, 6.45) is 5.22. The smallest absolute Gasteiger partial charge is 0.0842 e. The number of nitrogens with zero attached hydrogens (tertiary/aromatic N) is 3. The molecule has 0 radical (unpaired) electrons. The second-order valence-electron chi connectivity index (χ2n) is 3.74. The molecule has 1 aliphatic heterocycles. The van der Waals surface area contributed by atoms with Crippen LogP contribution in [0.15, 0.2) is 6.20 Å². The topological polar surface area (TPSA) is 56.7 Å². The first-order chi connectivity index (χ1) is 6.75. The Morgan fingerprint density at radius 1 is 1.79 bits per heavy atom. The van der Waals surface area contributed by atoms with Gasteiger partial charge in [0, 0.05) is 24.8 Å². The van der Waals surface area contributed by atoms with Gasteiger partial charge in [0.1, 0.15) is 0 Å². The number of aromatic nitrogens is 3. The van der Waals surface area contributed by atoms with Crippen LogP contribution >= 0.6 is 11.8 Å². The fourth-order valence-corrected chi connectivity index (χ4v) is 3.11. The molecule has 0 aliphatic carbocycles. The molecule has 14 heavy (non-hydrogen) atoms. The molecular weight excluding hydrogens is 196 g/mol. The number of hydrogen-bond acceptors (Lipinski definition) is 4. The molecule has 0 aromatic carbocycles. The SMILES string of the molecule is Cn1ncc(CC(N)C2CCCS2)n1. The molecule has 5 heteroatoms. The van der Waals surface area contributed by atoms with E-state index in [1.807, 2.05) is 18.8 Å². The maximum Gasteiger partial charge on any atom is 0.0842 e. The number of rotatable bonds is 3. The highest BCUT2D eigenvalue weighted by Crippen LogP contribution is 2.28. The molecule has 1 fully saturated rings. The van der Waals surface area contributed by atoms with E-state index in [-0.39, 0.29) is 6.04 Å². The van der Waals surface area contributed by atoms with Crippen molar-refractivity contribution in [3.05, 3.63) is 11.9 Å². The fraction of sp³-hybridized carbons (Fsp3) is 0.778. The van der Waals surface area contributed by atoms with E-state index in [2.05, 4.69) is 10.2 Å². The van der Waals surface area contributed by atoms with Crippen molar-refractivity contribution in [1.82, 2.24) is 15.0 Å². The molecule has 2 heterocycles. The first kappa shape index (κ1) is 9.98. The molecule has 0 spiro atoms. The average Bonchev–Trinajstić information content (AvgIpc) is 2.75. The molecule has 78 valence electrons. The Bertz CT molecular complexity index is 293. The fourth-order valence-electron chi connectivity index (χ4n) is 1.79. The Hall–Kier alpha value is -0.550. The summed E-state index contributed by atoms with van der Waals surface area (Å²) in [7, 11) is 1.83. The van der Waals surface area contributed by atoms with Crippen molar-refractivity contribution in [2.45, 2.75) is 30.6 Å². The average molecular weight is 212 g/mol. The number of thioether (sulfide) groups is 1. The van der Waals surface area contributed by atoms with Gasteiger partial charge in [0.2, 0.25) is 0 Å². The quantitative estimate of drug-likeness (QED) is 0.796. The normalized spacial score (nSPS) is 24.0. The zero-order valence-corrected chi connectivity index (χ0v) is 9.20. The predicted molar refractivity (Wildman–Crippen MR) is 58.2 cm³/mol. The Morgan fingerprint density at radius 3 is 3.21 bits per heavy atom. The molecule has 1 aromatic heterocycles. The highest BCUT2D eigenvalue weighted by Gasteiger charge is 2.23. The third kappa shape index (κ3) is 2.27. The van der Waals surface area contributed by atoms with E-state index in [0.29, 0.717) is 5.25 Å². The van der Waals surface area contributed by atoms with Gasteiger partial charge < -0.3 is 5.73 Å².